The summed E-state index contributed by atoms with van der Waals surface area (Å²) in [6.07, 6.45) is 7.07. The Morgan fingerprint density at radius 3 is 2.42 bits per heavy atom. The Kier molecular flexibility index (Phi) is 7.61. The molecule has 2 rings (SSSR count). The zero-order valence-corrected chi connectivity index (χ0v) is 14.2. The predicted octanol–water partition coefficient (Wildman–Crippen LogP) is 5.40. The quantitative estimate of drug-likeness (QED) is 0.522. The van der Waals surface area contributed by atoms with Crippen molar-refractivity contribution in [1.82, 2.24) is 5.32 Å². The van der Waals surface area contributed by atoms with Crippen LogP contribution in [-0.2, 0) is 11.3 Å². The van der Waals surface area contributed by atoms with E-state index in [0.29, 0.717) is 0 Å². The minimum atomic E-state index is -0.409. The maximum absolute atomic E-state index is 12.1. The van der Waals surface area contributed by atoms with Crippen molar-refractivity contribution in [2.24, 2.45) is 0 Å². The molecular weight excluding hydrogens is 298 g/mol. The Morgan fingerprint density at radius 2 is 1.75 bits per heavy atom. The number of hydrogen-bond acceptors (Lipinski definition) is 2. The van der Waals surface area contributed by atoms with Crippen LogP contribution in [0.4, 0.5) is 4.79 Å². The number of nitrogens with one attached hydrogen (secondary N) is 1. The molecule has 1 atom stereocenters. The highest BCUT2D eigenvalue weighted by Gasteiger charge is 2.12. The third-order valence-corrected chi connectivity index (χ3v) is 3.70. The lowest BCUT2D eigenvalue weighted by molar-refractivity contribution is 0.137. The van der Waals surface area contributed by atoms with Gasteiger partial charge in [0.1, 0.15) is 6.61 Å². The lowest BCUT2D eigenvalue weighted by Crippen LogP contribution is -2.28. The number of unbranched alkanes of at least 4 members (excludes halogenated alkanes) is 2. The number of allylic oxidation sites excluding steroid dienone is 1. The van der Waals surface area contributed by atoms with E-state index in [1.54, 1.807) is 0 Å². The summed E-state index contributed by atoms with van der Waals surface area (Å²) in [5.74, 6) is 0. The fourth-order valence-corrected chi connectivity index (χ4v) is 2.35. The highest BCUT2D eigenvalue weighted by molar-refractivity contribution is 5.68. The molecule has 1 unspecified atom stereocenters. The maximum Gasteiger partial charge on any atom is 0.408 e. The van der Waals surface area contributed by atoms with Gasteiger partial charge in [0.25, 0.3) is 0 Å². The number of rotatable bonds is 8. The third kappa shape index (κ3) is 6.29. The van der Waals surface area contributed by atoms with E-state index in [0.717, 1.165) is 30.4 Å². The number of carbonyl (C=O) groups is 1. The molecule has 1 N–H and O–H groups in total. The average Bonchev–Trinajstić information content (AvgIpc) is 2.64. The van der Waals surface area contributed by atoms with E-state index in [4.69, 9.17) is 4.74 Å². The summed E-state index contributed by atoms with van der Waals surface area (Å²) in [5.41, 5.74) is 2.02. The standard InChI is InChI=1S/C21H25NO2/c1-2-3-4-11-16-20(19-14-9-6-10-15-19)22-21(23)24-17-18-12-7-5-8-13-18/h5-16,20H,2-4,17H2,1H3,(H,22,23)/b16-11+. The minimum absolute atomic E-state index is 0.175. The Bertz CT molecular complexity index is 623. The summed E-state index contributed by atoms with van der Waals surface area (Å²) < 4.78 is 5.32. The molecule has 0 fully saturated rings. The molecule has 2 aromatic carbocycles. The smallest absolute Gasteiger partial charge is 0.408 e. The average molecular weight is 323 g/mol. The van der Waals surface area contributed by atoms with Gasteiger partial charge in [-0.3, -0.25) is 0 Å². The van der Waals surface area contributed by atoms with E-state index in [1.807, 2.05) is 66.7 Å². The second kappa shape index (κ2) is 10.3. The Hall–Kier alpha value is -2.55. The van der Waals surface area contributed by atoms with Gasteiger partial charge in [-0.2, -0.15) is 0 Å². The van der Waals surface area contributed by atoms with Gasteiger partial charge in [0, 0.05) is 0 Å². The maximum atomic E-state index is 12.1. The van der Waals surface area contributed by atoms with Crippen molar-refractivity contribution in [2.75, 3.05) is 0 Å². The molecule has 0 aliphatic rings. The molecule has 1 amide bonds. The van der Waals surface area contributed by atoms with Crippen LogP contribution in [0.5, 0.6) is 0 Å². The number of benzene rings is 2. The van der Waals surface area contributed by atoms with Gasteiger partial charge in [-0.1, -0.05) is 92.6 Å². The first-order valence-electron chi connectivity index (χ1n) is 8.48. The van der Waals surface area contributed by atoms with Crippen LogP contribution < -0.4 is 5.32 Å². The van der Waals surface area contributed by atoms with Gasteiger partial charge in [0.2, 0.25) is 0 Å². The Morgan fingerprint density at radius 1 is 1.08 bits per heavy atom. The molecule has 0 saturated carbocycles. The normalized spacial score (nSPS) is 12.0. The van der Waals surface area contributed by atoms with Gasteiger partial charge in [-0.05, 0) is 17.5 Å². The minimum Gasteiger partial charge on any atom is -0.445 e. The fourth-order valence-electron chi connectivity index (χ4n) is 2.35. The largest absolute Gasteiger partial charge is 0.445 e. The molecule has 24 heavy (non-hydrogen) atoms. The first-order valence-corrected chi connectivity index (χ1v) is 8.48. The molecule has 0 heterocycles. The van der Waals surface area contributed by atoms with Gasteiger partial charge in [0.15, 0.2) is 0 Å². The van der Waals surface area contributed by atoms with Crippen LogP contribution in [0.1, 0.15) is 43.4 Å². The van der Waals surface area contributed by atoms with E-state index in [9.17, 15) is 4.79 Å². The van der Waals surface area contributed by atoms with Crippen LogP contribution in [-0.4, -0.2) is 6.09 Å². The van der Waals surface area contributed by atoms with Crippen molar-refractivity contribution in [1.29, 1.82) is 0 Å². The monoisotopic (exact) mass is 323 g/mol. The second-order valence-corrected chi connectivity index (χ2v) is 5.66. The zero-order valence-electron chi connectivity index (χ0n) is 14.2. The lowest BCUT2D eigenvalue weighted by atomic mass is 10.1. The van der Waals surface area contributed by atoms with Gasteiger partial charge in [-0.25, -0.2) is 4.79 Å². The summed E-state index contributed by atoms with van der Waals surface area (Å²) >= 11 is 0. The molecule has 126 valence electrons. The zero-order chi connectivity index (χ0) is 17.0. The topological polar surface area (TPSA) is 38.3 Å². The molecule has 2 aromatic rings. The van der Waals surface area contributed by atoms with Crippen LogP contribution in [0.2, 0.25) is 0 Å². The van der Waals surface area contributed by atoms with E-state index < -0.39 is 6.09 Å². The molecule has 0 aliphatic heterocycles. The predicted molar refractivity (Wildman–Crippen MR) is 97.6 cm³/mol. The van der Waals surface area contributed by atoms with Gasteiger partial charge < -0.3 is 10.1 Å². The summed E-state index contributed by atoms with van der Waals surface area (Å²) in [6, 6.07) is 19.4. The van der Waals surface area contributed by atoms with Crippen molar-refractivity contribution in [2.45, 2.75) is 38.8 Å². The van der Waals surface area contributed by atoms with Crippen molar-refractivity contribution < 1.29 is 9.53 Å². The van der Waals surface area contributed by atoms with Crippen LogP contribution in [0.25, 0.3) is 0 Å². The summed E-state index contributed by atoms with van der Waals surface area (Å²) in [7, 11) is 0. The Balaban J connectivity index is 1.94. The summed E-state index contributed by atoms with van der Waals surface area (Å²) in [6.45, 7) is 2.44. The Labute approximate surface area is 144 Å². The van der Waals surface area contributed by atoms with Gasteiger partial charge in [-0.15, -0.1) is 0 Å². The summed E-state index contributed by atoms with van der Waals surface area (Å²) in [5, 5.41) is 2.93. The van der Waals surface area contributed by atoms with Crippen LogP contribution in [0.15, 0.2) is 72.8 Å². The number of amides is 1. The van der Waals surface area contributed by atoms with Crippen molar-refractivity contribution in [3.63, 3.8) is 0 Å². The number of alkyl carbamates (subject to hydrolysis) is 1. The lowest BCUT2D eigenvalue weighted by Gasteiger charge is -2.16. The number of ether oxygens (including phenoxy) is 1. The van der Waals surface area contributed by atoms with Crippen LogP contribution >= 0.6 is 0 Å². The first-order chi connectivity index (χ1) is 11.8. The fraction of sp³-hybridized carbons (Fsp3) is 0.286. The van der Waals surface area contributed by atoms with Crippen LogP contribution in [0.3, 0.4) is 0 Å². The first kappa shape index (κ1) is 17.8. The van der Waals surface area contributed by atoms with Gasteiger partial charge in [0.05, 0.1) is 6.04 Å². The third-order valence-electron chi connectivity index (χ3n) is 3.70. The summed E-state index contributed by atoms with van der Waals surface area (Å²) in [4.78, 5) is 12.1. The number of carbonyl (C=O) groups excluding carboxylic acids is 1. The van der Waals surface area contributed by atoms with Crippen molar-refractivity contribution >= 4 is 6.09 Å². The molecule has 0 aromatic heterocycles. The number of hydrogen-bond donors (Lipinski definition) is 1. The molecule has 0 radical (unpaired) electrons. The van der Waals surface area contributed by atoms with Crippen LogP contribution in [0, 0.1) is 0 Å². The van der Waals surface area contributed by atoms with Crippen molar-refractivity contribution in [3.05, 3.63) is 83.9 Å². The molecule has 0 saturated heterocycles. The molecule has 3 nitrogen and oxygen atoms in total. The highest BCUT2D eigenvalue weighted by atomic mass is 16.5. The molecule has 3 heteroatoms. The van der Waals surface area contributed by atoms with E-state index in [2.05, 4.69) is 18.3 Å². The van der Waals surface area contributed by atoms with E-state index in [1.165, 1.54) is 0 Å². The molecule has 0 spiro atoms. The second-order valence-electron chi connectivity index (χ2n) is 5.66. The van der Waals surface area contributed by atoms with E-state index >= 15 is 0 Å². The highest BCUT2D eigenvalue weighted by Crippen LogP contribution is 2.15. The SMILES string of the molecule is CCCC/C=C/C(NC(=O)OCc1ccccc1)c1ccccc1. The van der Waals surface area contributed by atoms with Crippen molar-refractivity contribution in [3.8, 4) is 0 Å². The molecular formula is C21H25NO2. The molecule has 0 aliphatic carbocycles. The molecule has 0 bridgehead atoms. The van der Waals surface area contributed by atoms with E-state index in [-0.39, 0.29) is 12.6 Å². The van der Waals surface area contributed by atoms with Gasteiger partial charge >= 0.3 is 6.09 Å².